The third-order valence-corrected chi connectivity index (χ3v) is 4.52. The van der Waals surface area contributed by atoms with Crippen LogP contribution in [0.2, 0.25) is 0 Å². The molecule has 1 atom stereocenters. The van der Waals surface area contributed by atoms with Gasteiger partial charge in [-0.15, -0.1) is 0 Å². The third-order valence-electron chi connectivity index (χ3n) is 4.52. The number of ether oxygens (including phenoxy) is 1. The maximum atomic E-state index is 12.3. The van der Waals surface area contributed by atoms with Gasteiger partial charge in [-0.3, -0.25) is 4.79 Å². The zero-order valence-electron chi connectivity index (χ0n) is 12.8. The van der Waals surface area contributed by atoms with Crippen LogP contribution in [-0.2, 0) is 10.3 Å². The first kappa shape index (κ1) is 14.4. The van der Waals surface area contributed by atoms with Crippen LogP contribution in [0.3, 0.4) is 0 Å². The summed E-state index contributed by atoms with van der Waals surface area (Å²) in [4.78, 5) is 16.5. The number of hydrogen-bond donors (Lipinski definition) is 1. The maximum Gasteiger partial charge on any atom is 0.315 e. The predicted octanol–water partition coefficient (Wildman–Crippen LogP) is 2.38. The van der Waals surface area contributed by atoms with Crippen LogP contribution in [0.4, 0.5) is 0 Å². The monoisotopic (exact) mass is 313 g/mol. The van der Waals surface area contributed by atoms with E-state index in [1.807, 2.05) is 30.3 Å². The van der Waals surface area contributed by atoms with Crippen molar-refractivity contribution in [3.05, 3.63) is 47.6 Å². The average Bonchev–Trinajstić information content (AvgIpc) is 3.14. The summed E-state index contributed by atoms with van der Waals surface area (Å²) in [5.41, 5.74) is 0.623. The van der Waals surface area contributed by atoms with Crippen LogP contribution in [0.1, 0.15) is 53.7 Å². The summed E-state index contributed by atoms with van der Waals surface area (Å²) in [5.74, 6) is 0.711. The number of nitrogens with zero attached hydrogens (tertiary/aromatic N) is 2. The number of carbonyl (C=O) groups is 1. The molecule has 120 valence electrons. The van der Waals surface area contributed by atoms with Gasteiger partial charge >= 0.3 is 11.8 Å². The highest BCUT2D eigenvalue weighted by Crippen LogP contribution is 2.38. The molecule has 6 heteroatoms. The molecule has 1 aromatic heterocycles. The van der Waals surface area contributed by atoms with E-state index in [2.05, 4.69) is 15.5 Å². The highest BCUT2D eigenvalue weighted by molar-refractivity contribution is 5.89. The topological polar surface area (TPSA) is 77.2 Å². The lowest BCUT2D eigenvalue weighted by molar-refractivity contribution is 0.00104. The molecule has 0 bridgehead atoms. The molecule has 2 fully saturated rings. The minimum atomic E-state index is -0.462. The van der Waals surface area contributed by atoms with Gasteiger partial charge < -0.3 is 14.6 Å². The molecule has 2 aliphatic rings. The Kier molecular flexibility index (Phi) is 3.61. The number of carbonyl (C=O) groups excluding carboxylic acids is 1. The Balaban J connectivity index is 1.46. The first-order valence-electron chi connectivity index (χ1n) is 8.08. The SMILES string of the molecule is O=C(NCC1(c2ccccc2)CCCO1)c1nc(C2CC2)no1. The molecule has 1 saturated carbocycles. The molecule has 1 amide bonds. The molecule has 1 aliphatic heterocycles. The smallest absolute Gasteiger partial charge is 0.315 e. The van der Waals surface area contributed by atoms with Crippen LogP contribution in [0.5, 0.6) is 0 Å². The van der Waals surface area contributed by atoms with Gasteiger partial charge in [0.1, 0.15) is 5.60 Å². The number of amides is 1. The van der Waals surface area contributed by atoms with Crippen molar-refractivity contribution < 1.29 is 14.1 Å². The number of benzene rings is 1. The fourth-order valence-electron chi connectivity index (χ4n) is 3.04. The predicted molar refractivity (Wildman–Crippen MR) is 81.9 cm³/mol. The Labute approximate surface area is 134 Å². The van der Waals surface area contributed by atoms with E-state index in [-0.39, 0.29) is 11.8 Å². The zero-order valence-corrected chi connectivity index (χ0v) is 12.8. The normalized spacial score (nSPS) is 23.8. The summed E-state index contributed by atoms with van der Waals surface area (Å²) in [7, 11) is 0. The van der Waals surface area contributed by atoms with Gasteiger partial charge in [0.25, 0.3) is 0 Å². The summed E-state index contributed by atoms with van der Waals surface area (Å²) in [6.45, 7) is 1.11. The third kappa shape index (κ3) is 2.86. The van der Waals surface area contributed by atoms with Crippen LogP contribution in [-0.4, -0.2) is 29.2 Å². The van der Waals surface area contributed by atoms with Crippen molar-refractivity contribution >= 4 is 5.91 Å². The minimum Gasteiger partial charge on any atom is -0.368 e. The van der Waals surface area contributed by atoms with E-state index in [4.69, 9.17) is 9.26 Å². The Bertz CT molecular complexity index is 688. The van der Waals surface area contributed by atoms with Crippen LogP contribution in [0.15, 0.2) is 34.9 Å². The Morgan fingerprint density at radius 2 is 2.13 bits per heavy atom. The van der Waals surface area contributed by atoms with Gasteiger partial charge in [0.15, 0.2) is 5.82 Å². The van der Waals surface area contributed by atoms with Crippen LogP contribution in [0.25, 0.3) is 0 Å². The van der Waals surface area contributed by atoms with E-state index in [9.17, 15) is 4.79 Å². The van der Waals surface area contributed by atoms with Gasteiger partial charge in [-0.2, -0.15) is 4.98 Å². The molecular formula is C17H19N3O3. The summed E-state index contributed by atoms with van der Waals surface area (Å²) in [6, 6.07) is 10.0. The molecule has 2 heterocycles. The van der Waals surface area contributed by atoms with Gasteiger partial charge in [-0.25, -0.2) is 0 Å². The van der Waals surface area contributed by atoms with Crippen molar-refractivity contribution in [1.29, 1.82) is 0 Å². The first-order chi connectivity index (χ1) is 11.3. The molecule has 0 spiro atoms. The van der Waals surface area contributed by atoms with Crippen molar-refractivity contribution in [2.75, 3.05) is 13.2 Å². The van der Waals surface area contributed by atoms with E-state index in [0.29, 0.717) is 24.9 Å². The summed E-state index contributed by atoms with van der Waals surface area (Å²) >= 11 is 0. The molecular weight excluding hydrogens is 294 g/mol. The molecule has 1 N–H and O–H groups in total. The Hall–Kier alpha value is -2.21. The van der Waals surface area contributed by atoms with Gasteiger partial charge in [-0.05, 0) is 31.2 Å². The maximum absolute atomic E-state index is 12.3. The Morgan fingerprint density at radius 1 is 1.30 bits per heavy atom. The standard InChI is InChI=1S/C17H19N3O3/c21-15(16-19-14(20-23-16)12-7-8-12)18-11-17(9-4-10-22-17)13-5-2-1-3-6-13/h1-3,5-6,12H,4,7-11H2,(H,18,21). The highest BCUT2D eigenvalue weighted by atomic mass is 16.5. The minimum absolute atomic E-state index is 0.0353. The van der Waals surface area contributed by atoms with Gasteiger partial charge in [0.05, 0.1) is 6.54 Å². The van der Waals surface area contributed by atoms with Crippen molar-refractivity contribution in [2.24, 2.45) is 0 Å². The molecule has 4 rings (SSSR count). The average molecular weight is 313 g/mol. The first-order valence-corrected chi connectivity index (χ1v) is 8.08. The largest absolute Gasteiger partial charge is 0.368 e. The molecule has 6 nitrogen and oxygen atoms in total. The lowest BCUT2D eigenvalue weighted by atomic mass is 9.90. The molecule has 1 saturated heterocycles. The summed E-state index contributed by atoms with van der Waals surface area (Å²) in [6.07, 6.45) is 4.02. The van der Waals surface area contributed by atoms with E-state index >= 15 is 0 Å². The second-order valence-corrected chi connectivity index (χ2v) is 6.23. The quantitative estimate of drug-likeness (QED) is 0.917. The Morgan fingerprint density at radius 3 is 2.83 bits per heavy atom. The number of hydrogen-bond acceptors (Lipinski definition) is 5. The second kappa shape index (κ2) is 5.77. The van der Waals surface area contributed by atoms with Crippen molar-refractivity contribution in [3.63, 3.8) is 0 Å². The lowest BCUT2D eigenvalue weighted by Crippen LogP contribution is -2.40. The van der Waals surface area contributed by atoms with Crippen molar-refractivity contribution in [2.45, 2.75) is 37.2 Å². The number of aromatic nitrogens is 2. The van der Waals surface area contributed by atoms with E-state index in [1.165, 1.54) is 0 Å². The number of nitrogens with one attached hydrogen (secondary N) is 1. The van der Waals surface area contributed by atoms with Crippen molar-refractivity contribution in [1.82, 2.24) is 15.5 Å². The van der Waals surface area contributed by atoms with E-state index in [1.54, 1.807) is 0 Å². The molecule has 1 aromatic carbocycles. The second-order valence-electron chi connectivity index (χ2n) is 6.23. The van der Waals surface area contributed by atoms with E-state index < -0.39 is 5.60 Å². The fourth-order valence-corrected chi connectivity index (χ4v) is 3.04. The summed E-state index contributed by atoms with van der Waals surface area (Å²) in [5, 5.41) is 6.77. The molecule has 0 radical (unpaired) electrons. The van der Waals surface area contributed by atoms with Crippen LogP contribution < -0.4 is 5.32 Å². The molecule has 2 aromatic rings. The molecule has 23 heavy (non-hydrogen) atoms. The molecule has 1 aliphatic carbocycles. The molecule has 1 unspecified atom stereocenters. The van der Waals surface area contributed by atoms with Gasteiger partial charge in [-0.1, -0.05) is 35.5 Å². The van der Waals surface area contributed by atoms with E-state index in [0.717, 1.165) is 31.2 Å². The van der Waals surface area contributed by atoms with Gasteiger partial charge in [0.2, 0.25) is 0 Å². The summed E-state index contributed by atoms with van der Waals surface area (Å²) < 4.78 is 11.1. The van der Waals surface area contributed by atoms with Crippen LogP contribution >= 0.6 is 0 Å². The van der Waals surface area contributed by atoms with Gasteiger partial charge in [0, 0.05) is 12.5 Å². The number of rotatable bonds is 5. The van der Waals surface area contributed by atoms with Crippen molar-refractivity contribution in [3.8, 4) is 0 Å². The highest BCUT2D eigenvalue weighted by Gasteiger charge is 2.38. The lowest BCUT2D eigenvalue weighted by Gasteiger charge is -2.29. The fraction of sp³-hybridized carbons (Fsp3) is 0.471. The van der Waals surface area contributed by atoms with Crippen LogP contribution in [0, 0.1) is 0 Å². The zero-order chi connectivity index (χ0) is 15.7.